The summed E-state index contributed by atoms with van der Waals surface area (Å²) in [7, 11) is 0. The Balaban J connectivity index is -0.000000107. The molecule has 0 aromatic rings. The molecule has 8 nitrogen and oxygen atoms in total. The van der Waals surface area contributed by atoms with E-state index in [9.17, 15) is 0 Å². The molecule has 0 aliphatic heterocycles. The van der Waals surface area contributed by atoms with E-state index < -0.39 is 26.7 Å². The number of hydrogen-bond acceptors (Lipinski definition) is 5. The third-order valence-electron chi connectivity index (χ3n) is 0. The van der Waals surface area contributed by atoms with Crippen molar-refractivity contribution in [1.29, 1.82) is 0 Å². The standard InChI is InChI=1S/K.2H2O4Se/c;2*1-5(2,3)4/h;2*(H2,1,2,3,4)/q+1;;/p-1. The molecule has 0 aromatic carbocycles. The van der Waals surface area contributed by atoms with Gasteiger partial charge in [-0.2, -0.15) is 0 Å². The fraction of sp³-hybridized carbons (Fsp3) is 0. The Morgan fingerprint density at radius 3 is 0.909 bits per heavy atom. The molecule has 0 amide bonds. The van der Waals surface area contributed by atoms with Crippen molar-refractivity contribution in [3.63, 3.8) is 0 Å². The number of hydrogen-bond donors (Lipinski definition) is 3. The Bertz CT molecular complexity index is 208. The first-order chi connectivity index (χ1) is 4.00. The summed E-state index contributed by atoms with van der Waals surface area (Å²) >= 11 is -10.8. The van der Waals surface area contributed by atoms with Gasteiger partial charge in [-0.15, -0.1) is 0 Å². The second kappa shape index (κ2) is 7.15. The molecular formula is H3KO8Se2. The Hall–Kier alpha value is 1.72. The van der Waals surface area contributed by atoms with Crippen LogP contribution in [0.25, 0.3) is 0 Å². The Kier molecular flexibility index (Phi) is 12.0. The third-order valence-corrected chi connectivity index (χ3v) is 0. The molecule has 0 saturated heterocycles. The smallest absolute Gasteiger partial charge is 1.00 e. The molecule has 3 N–H and O–H groups in total. The zero-order chi connectivity index (χ0) is 9.00. The monoisotopic (exact) mass is 330 g/mol. The largest absolute Gasteiger partial charge is 1.00 e. The van der Waals surface area contributed by atoms with Crippen molar-refractivity contribution >= 4 is 26.7 Å². The van der Waals surface area contributed by atoms with Gasteiger partial charge < -0.3 is 0 Å². The molecule has 0 aliphatic rings. The van der Waals surface area contributed by atoms with Crippen molar-refractivity contribution in [3.05, 3.63) is 0 Å². The summed E-state index contributed by atoms with van der Waals surface area (Å²) in [6.45, 7) is 0. The van der Waals surface area contributed by atoms with Crippen LogP contribution in [0, 0.1) is 0 Å². The van der Waals surface area contributed by atoms with Crippen LogP contribution in [0.2, 0.25) is 0 Å². The minimum absolute atomic E-state index is 0. The normalized spacial score (nSPS) is 10.5. The van der Waals surface area contributed by atoms with Crippen LogP contribution in [-0.4, -0.2) is 39.3 Å². The van der Waals surface area contributed by atoms with Gasteiger partial charge >= 0.3 is 110 Å². The maximum atomic E-state index is 8.82. The molecule has 0 atom stereocenters. The summed E-state index contributed by atoms with van der Waals surface area (Å²) in [6.07, 6.45) is 0. The van der Waals surface area contributed by atoms with Crippen LogP contribution in [-0.2, 0) is 15.3 Å². The summed E-state index contributed by atoms with van der Waals surface area (Å²) in [5.74, 6) is 0. The van der Waals surface area contributed by atoms with Crippen LogP contribution in [0.4, 0.5) is 0 Å². The van der Waals surface area contributed by atoms with Crippen molar-refractivity contribution in [2.75, 3.05) is 0 Å². The van der Waals surface area contributed by atoms with E-state index in [2.05, 4.69) is 0 Å². The average Bonchev–Trinajstić information content (AvgIpc) is 1.12. The molecule has 0 unspecified atom stereocenters. The van der Waals surface area contributed by atoms with Gasteiger partial charge in [0.25, 0.3) is 0 Å². The van der Waals surface area contributed by atoms with Crippen molar-refractivity contribution in [3.8, 4) is 0 Å². The molecule has 0 heterocycles. The van der Waals surface area contributed by atoms with E-state index >= 15 is 0 Å². The van der Waals surface area contributed by atoms with Crippen LogP contribution in [0.5, 0.6) is 0 Å². The second-order valence-electron chi connectivity index (χ2n) is 0.876. The van der Waals surface area contributed by atoms with Gasteiger partial charge in [-0.25, -0.2) is 0 Å². The molecule has 0 rings (SSSR count). The Labute approximate surface area is 108 Å². The predicted molar refractivity (Wildman–Crippen MR) is 20.9 cm³/mol. The molecule has 0 aromatic heterocycles. The molecular weight excluding hydrogens is 325 g/mol. The maximum Gasteiger partial charge on any atom is 1.00 e. The maximum absolute atomic E-state index is 8.82. The van der Waals surface area contributed by atoms with Gasteiger partial charge in [0.05, 0.1) is 0 Å². The van der Waals surface area contributed by atoms with E-state index in [-0.39, 0.29) is 51.4 Å². The Morgan fingerprint density at radius 2 is 0.909 bits per heavy atom. The van der Waals surface area contributed by atoms with Crippen LogP contribution in [0.3, 0.4) is 0 Å². The van der Waals surface area contributed by atoms with Crippen LogP contribution < -0.4 is 55.6 Å². The third kappa shape index (κ3) is 376. The zero-order valence-corrected chi connectivity index (χ0v) is 11.7. The summed E-state index contributed by atoms with van der Waals surface area (Å²) in [6, 6.07) is 0. The molecule has 11 heteroatoms. The van der Waals surface area contributed by atoms with E-state index in [1.54, 1.807) is 0 Å². The van der Waals surface area contributed by atoms with Gasteiger partial charge in [-0.3, -0.25) is 0 Å². The van der Waals surface area contributed by atoms with E-state index in [0.717, 1.165) is 0 Å². The van der Waals surface area contributed by atoms with Crippen LogP contribution in [0.15, 0.2) is 0 Å². The molecule has 0 saturated carbocycles. The van der Waals surface area contributed by atoms with E-state index in [4.69, 9.17) is 32.1 Å². The molecule has 0 bridgehead atoms. The quantitative estimate of drug-likeness (QED) is 0.371. The van der Waals surface area contributed by atoms with Gasteiger partial charge in [-0.1, -0.05) is 0 Å². The second-order valence-corrected chi connectivity index (χ2v) is 4.55. The van der Waals surface area contributed by atoms with Crippen molar-refractivity contribution < 1.29 is 83.5 Å². The molecule has 0 fully saturated rings. The van der Waals surface area contributed by atoms with Gasteiger partial charge in [0.2, 0.25) is 0 Å². The van der Waals surface area contributed by atoms with Crippen LogP contribution >= 0.6 is 0 Å². The summed E-state index contributed by atoms with van der Waals surface area (Å²) in [5.41, 5.74) is 0. The topological polar surface area (TPSA) is 152 Å². The fourth-order valence-corrected chi connectivity index (χ4v) is 0. The first kappa shape index (κ1) is 18.5. The zero-order valence-electron chi connectivity index (χ0n) is 5.20. The fourth-order valence-electron chi connectivity index (χ4n) is 0. The van der Waals surface area contributed by atoms with E-state index in [1.165, 1.54) is 0 Å². The van der Waals surface area contributed by atoms with Gasteiger partial charge in [0, 0.05) is 0 Å². The minimum Gasteiger partial charge on any atom is 1.00 e. The molecule has 0 radical (unpaired) electrons. The van der Waals surface area contributed by atoms with Gasteiger partial charge in [0.1, 0.15) is 0 Å². The summed E-state index contributed by atoms with van der Waals surface area (Å²) in [4.78, 5) is 0. The number of rotatable bonds is 0. The predicted octanol–water partition coefficient (Wildman–Crippen LogP) is -7.09. The molecule has 0 aliphatic carbocycles. The van der Waals surface area contributed by atoms with Crippen molar-refractivity contribution in [2.24, 2.45) is 0 Å². The minimum atomic E-state index is -5.50. The SMILES string of the molecule is O=[Se](=O)(O)O.O=[Se](=O)([O-])O.[K+]. The van der Waals surface area contributed by atoms with Gasteiger partial charge in [0.15, 0.2) is 0 Å². The molecule has 11 heavy (non-hydrogen) atoms. The first-order valence-corrected chi connectivity index (χ1v) is 7.18. The van der Waals surface area contributed by atoms with Crippen molar-refractivity contribution in [1.82, 2.24) is 0 Å². The van der Waals surface area contributed by atoms with E-state index in [1.807, 2.05) is 0 Å². The molecule has 64 valence electrons. The first-order valence-electron chi connectivity index (χ1n) is 1.38. The molecule has 0 spiro atoms. The summed E-state index contributed by atoms with van der Waals surface area (Å²) in [5, 5.41) is 0. The average molecular weight is 328 g/mol. The van der Waals surface area contributed by atoms with E-state index in [0.29, 0.717) is 0 Å². The van der Waals surface area contributed by atoms with Crippen molar-refractivity contribution in [2.45, 2.75) is 0 Å². The van der Waals surface area contributed by atoms with Gasteiger partial charge in [-0.05, 0) is 0 Å². The Morgan fingerprint density at radius 1 is 0.909 bits per heavy atom. The van der Waals surface area contributed by atoms with Crippen LogP contribution in [0.1, 0.15) is 0 Å². The summed E-state index contributed by atoms with van der Waals surface area (Å²) < 4.78 is 65.0.